The Hall–Kier alpha value is -1.79. The highest BCUT2D eigenvalue weighted by Gasteiger charge is 2.10. The van der Waals surface area contributed by atoms with Gasteiger partial charge in [-0.2, -0.15) is 0 Å². The quantitative estimate of drug-likeness (QED) is 0.639. The van der Waals surface area contributed by atoms with Crippen molar-refractivity contribution in [3.8, 4) is 5.75 Å². The van der Waals surface area contributed by atoms with Crippen molar-refractivity contribution in [1.82, 2.24) is 15.5 Å². The van der Waals surface area contributed by atoms with Crippen molar-refractivity contribution in [2.24, 2.45) is 0 Å². The van der Waals surface area contributed by atoms with E-state index in [-0.39, 0.29) is 18.3 Å². The molecule has 0 atom stereocenters. The van der Waals surface area contributed by atoms with Crippen LogP contribution in [0, 0.1) is 0 Å². The smallest absolute Gasteiger partial charge is 0.251 e. The molecule has 3 rings (SSSR count). The van der Waals surface area contributed by atoms with Gasteiger partial charge in [-0.05, 0) is 48.9 Å². The molecule has 152 valence electrons. The van der Waals surface area contributed by atoms with Crippen LogP contribution in [0.1, 0.15) is 22.3 Å². The van der Waals surface area contributed by atoms with Crippen LogP contribution < -0.4 is 15.4 Å². The summed E-state index contributed by atoms with van der Waals surface area (Å²) in [6, 6.07) is 14.8. The summed E-state index contributed by atoms with van der Waals surface area (Å²) in [6.45, 7) is 6.38. The molecule has 1 saturated heterocycles. The van der Waals surface area contributed by atoms with E-state index in [1.807, 2.05) is 36.4 Å². The van der Waals surface area contributed by atoms with Crippen LogP contribution in [0.25, 0.3) is 0 Å². The maximum atomic E-state index is 12.4. The number of nitrogens with one attached hydrogen (secondary N) is 2. The van der Waals surface area contributed by atoms with E-state index in [1.54, 1.807) is 12.1 Å². The van der Waals surface area contributed by atoms with Crippen LogP contribution in [0.5, 0.6) is 5.75 Å². The molecule has 2 aromatic carbocycles. The topological polar surface area (TPSA) is 53.6 Å². The zero-order valence-corrected chi connectivity index (χ0v) is 17.4. The molecule has 0 spiro atoms. The number of amides is 1. The van der Waals surface area contributed by atoms with Gasteiger partial charge in [0.2, 0.25) is 0 Å². The van der Waals surface area contributed by atoms with Crippen LogP contribution >= 0.6 is 24.0 Å². The minimum atomic E-state index is -0.0662. The molecule has 0 unspecified atom stereocenters. The number of nitrogens with zero attached hydrogens (tertiary/aromatic N) is 1. The van der Waals surface area contributed by atoms with Gasteiger partial charge in [0.1, 0.15) is 12.4 Å². The van der Waals surface area contributed by atoms with Gasteiger partial charge in [0.15, 0.2) is 0 Å². The normalized spacial score (nSPS) is 14.2. The fourth-order valence-electron chi connectivity index (χ4n) is 3.06. The molecule has 1 aliphatic heterocycles. The van der Waals surface area contributed by atoms with Gasteiger partial charge < -0.3 is 20.3 Å². The van der Waals surface area contributed by atoms with E-state index >= 15 is 0 Å². The molecule has 2 N–H and O–H groups in total. The summed E-state index contributed by atoms with van der Waals surface area (Å²) in [6.07, 6.45) is 0.955. The molecule has 7 heteroatoms. The molecule has 0 saturated carbocycles. The molecular formula is C21H27Cl2N3O2. The molecule has 1 heterocycles. The van der Waals surface area contributed by atoms with E-state index < -0.39 is 0 Å². The lowest BCUT2D eigenvalue weighted by molar-refractivity contribution is 0.0950. The summed E-state index contributed by atoms with van der Waals surface area (Å²) in [7, 11) is 0. The van der Waals surface area contributed by atoms with Gasteiger partial charge >= 0.3 is 0 Å². The standard InChI is InChI=1S/C21H26ClN3O2.ClH/c22-19-6-1-4-17(14-19)16-27-20-7-2-5-18(15-20)21(26)24-8-3-11-25-12-9-23-10-13-25;/h1-2,4-7,14-15,23H,3,8-13,16H2,(H,24,26);1H. The number of hydrogen-bond acceptors (Lipinski definition) is 4. The first-order valence-corrected chi connectivity index (χ1v) is 9.77. The Morgan fingerprint density at radius 1 is 1.14 bits per heavy atom. The van der Waals surface area contributed by atoms with Gasteiger partial charge in [-0.25, -0.2) is 0 Å². The number of hydrogen-bond donors (Lipinski definition) is 2. The molecule has 2 aromatic rings. The largest absolute Gasteiger partial charge is 0.489 e. The Morgan fingerprint density at radius 3 is 2.71 bits per heavy atom. The van der Waals surface area contributed by atoms with Crippen LogP contribution in [-0.2, 0) is 6.61 Å². The highest BCUT2D eigenvalue weighted by Crippen LogP contribution is 2.17. The van der Waals surface area contributed by atoms with Crippen LogP contribution in [0.15, 0.2) is 48.5 Å². The molecule has 0 bridgehead atoms. The maximum Gasteiger partial charge on any atom is 0.251 e. The van der Waals surface area contributed by atoms with E-state index in [2.05, 4.69) is 15.5 Å². The first kappa shape index (κ1) is 22.5. The lowest BCUT2D eigenvalue weighted by atomic mass is 10.2. The highest BCUT2D eigenvalue weighted by molar-refractivity contribution is 6.30. The third-order valence-corrected chi connectivity index (χ3v) is 4.77. The van der Waals surface area contributed by atoms with E-state index in [9.17, 15) is 4.79 Å². The first-order valence-electron chi connectivity index (χ1n) is 9.39. The van der Waals surface area contributed by atoms with Crippen molar-refractivity contribution in [2.45, 2.75) is 13.0 Å². The van der Waals surface area contributed by atoms with Gasteiger partial charge in [0.25, 0.3) is 5.91 Å². The average molecular weight is 424 g/mol. The van der Waals surface area contributed by atoms with Crippen LogP contribution in [-0.4, -0.2) is 50.1 Å². The molecule has 5 nitrogen and oxygen atoms in total. The Kier molecular flexibility index (Phi) is 9.58. The molecule has 1 fully saturated rings. The number of piperazine rings is 1. The Labute approximate surface area is 177 Å². The Morgan fingerprint density at radius 2 is 1.93 bits per heavy atom. The molecule has 28 heavy (non-hydrogen) atoms. The van der Waals surface area contributed by atoms with Gasteiger partial charge in [-0.3, -0.25) is 4.79 Å². The molecule has 1 aliphatic rings. The van der Waals surface area contributed by atoms with Gasteiger partial charge in [0, 0.05) is 43.3 Å². The average Bonchev–Trinajstić information content (AvgIpc) is 2.70. The van der Waals surface area contributed by atoms with Crippen LogP contribution in [0.4, 0.5) is 0 Å². The minimum Gasteiger partial charge on any atom is -0.489 e. The fraction of sp³-hybridized carbons (Fsp3) is 0.381. The number of ether oxygens (including phenoxy) is 1. The van der Waals surface area contributed by atoms with Crippen molar-refractivity contribution in [3.05, 3.63) is 64.7 Å². The molecule has 0 radical (unpaired) electrons. The summed E-state index contributed by atoms with van der Waals surface area (Å²) >= 11 is 5.99. The summed E-state index contributed by atoms with van der Waals surface area (Å²) < 4.78 is 5.79. The predicted molar refractivity (Wildman–Crippen MR) is 116 cm³/mol. The van der Waals surface area contributed by atoms with Crippen molar-refractivity contribution in [3.63, 3.8) is 0 Å². The predicted octanol–water partition coefficient (Wildman–Crippen LogP) is 3.37. The second-order valence-corrected chi connectivity index (χ2v) is 7.08. The number of rotatable bonds is 8. The zero-order valence-electron chi connectivity index (χ0n) is 15.8. The fourth-order valence-corrected chi connectivity index (χ4v) is 3.27. The van der Waals surface area contributed by atoms with Gasteiger partial charge in [-0.1, -0.05) is 29.8 Å². The summed E-state index contributed by atoms with van der Waals surface area (Å²) in [5.74, 6) is 0.604. The summed E-state index contributed by atoms with van der Waals surface area (Å²) in [5, 5.41) is 7.02. The molecule has 0 aliphatic carbocycles. The van der Waals surface area contributed by atoms with Crippen LogP contribution in [0.2, 0.25) is 5.02 Å². The van der Waals surface area contributed by atoms with Gasteiger partial charge in [0.05, 0.1) is 0 Å². The lowest BCUT2D eigenvalue weighted by Gasteiger charge is -2.27. The third-order valence-electron chi connectivity index (χ3n) is 4.54. The molecule has 0 aromatic heterocycles. The second-order valence-electron chi connectivity index (χ2n) is 6.65. The minimum absolute atomic E-state index is 0. The van der Waals surface area contributed by atoms with Gasteiger partial charge in [-0.15, -0.1) is 12.4 Å². The Balaban J connectivity index is 0.00000280. The van der Waals surface area contributed by atoms with Crippen molar-refractivity contribution in [2.75, 3.05) is 39.3 Å². The highest BCUT2D eigenvalue weighted by atomic mass is 35.5. The van der Waals surface area contributed by atoms with E-state index in [0.717, 1.165) is 44.7 Å². The summed E-state index contributed by atoms with van der Waals surface area (Å²) in [4.78, 5) is 14.8. The molecular weight excluding hydrogens is 397 g/mol. The third kappa shape index (κ3) is 7.32. The number of carbonyl (C=O) groups excluding carboxylic acids is 1. The lowest BCUT2D eigenvalue weighted by Crippen LogP contribution is -2.44. The van der Waals surface area contributed by atoms with Crippen LogP contribution in [0.3, 0.4) is 0 Å². The van der Waals surface area contributed by atoms with Crippen molar-refractivity contribution in [1.29, 1.82) is 0 Å². The second kappa shape index (κ2) is 11.9. The zero-order chi connectivity index (χ0) is 18.9. The Bertz CT molecular complexity index is 752. The van der Waals surface area contributed by atoms with E-state index in [4.69, 9.17) is 16.3 Å². The van der Waals surface area contributed by atoms with E-state index in [1.165, 1.54) is 0 Å². The van der Waals surface area contributed by atoms with Crippen molar-refractivity contribution < 1.29 is 9.53 Å². The number of benzene rings is 2. The number of carbonyl (C=O) groups is 1. The monoisotopic (exact) mass is 423 g/mol. The van der Waals surface area contributed by atoms with E-state index in [0.29, 0.717) is 29.5 Å². The SMILES string of the molecule is Cl.O=C(NCCCN1CCNCC1)c1cccc(OCc2cccc(Cl)c2)c1. The molecule has 1 amide bonds. The first-order chi connectivity index (χ1) is 13.2. The summed E-state index contributed by atoms with van der Waals surface area (Å²) in [5.41, 5.74) is 1.60. The number of halogens is 2. The van der Waals surface area contributed by atoms with Crippen molar-refractivity contribution >= 4 is 29.9 Å². The maximum absolute atomic E-state index is 12.4.